The number of nitrogens with one attached hydrogen (secondary N) is 3. The van der Waals surface area contributed by atoms with Crippen molar-refractivity contribution in [3.05, 3.63) is 94.4 Å². The number of fused-ring (bicyclic) bond motifs is 2. The Labute approximate surface area is 284 Å². The summed E-state index contributed by atoms with van der Waals surface area (Å²) >= 11 is 0. The molecule has 8 rings (SSSR count). The van der Waals surface area contributed by atoms with Crippen LogP contribution in [0.1, 0.15) is 68.4 Å². The van der Waals surface area contributed by atoms with Crippen LogP contribution in [0, 0.1) is 5.41 Å². The second-order valence-corrected chi connectivity index (χ2v) is 13.9. The van der Waals surface area contributed by atoms with E-state index < -0.39 is 12.1 Å². The maximum absolute atomic E-state index is 13.2. The Kier molecular flexibility index (Phi) is 7.81. The van der Waals surface area contributed by atoms with Gasteiger partial charge in [0.15, 0.2) is 0 Å². The molecule has 1 saturated heterocycles. The average Bonchev–Trinajstić information content (AvgIpc) is 3.95. The number of alkyl carbamates (subject to hydrolysis) is 1. The number of hydrogen-bond donors (Lipinski definition) is 3. The number of H-pyrrole nitrogens is 2. The van der Waals surface area contributed by atoms with Crippen LogP contribution >= 0.6 is 0 Å². The summed E-state index contributed by atoms with van der Waals surface area (Å²) in [5, 5.41) is 3.19. The number of carbonyl (C=O) groups is 2. The summed E-state index contributed by atoms with van der Waals surface area (Å²) in [6, 6.07) is 18.3. The predicted molar refractivity (Wildman–Crippen MR) is 188 cm³/mol. The number of rotatable bonds is 6. The smallest absolute Gasteiger partial charge is 0.407 e. The maximum atomic E-state index is 13.2. The molecule has 3 aliphatic rings. The van der Waals surface area contributed by atoms with Crippen LogP contribution in [0.5, 0.6) is 0 Å². The van der Waals surface area contributed by atoms with Crippen LogP contribution in [-0.4, -0.2) is 56.5 Å². The van der Waals surface area contributed by atoms with Crippen LogP contribution < -0.4 is 10.9 Å². The lowest BCUT2D eigenvalue weighted by Crippen LogP contribution is -2.46. The van der Waals surface area contributed by atoms with Crippen LogP contribution in [0.2, 0.25) is 0 Å². The summed E-state index contributed by atoms with van der Waals surface area (Å²) in [5.41, 5.74) is 10.4. The molecule has 10 nitrogen and oxygen atoms in total. The van der Waals surface area contributed by atoms with Gasteiger partial charge in [0.2, 0.25) is 5.91 Å². The molecule has 3 N–H and O–H groups in total. The number of imidazole rings is 1. The number of aromatic amines is 2. The van der Waals surface area contributed by atoms with Gasteiger partial charge in [-0.1, -0.05) is 55.3 Å². The Morgan fingerprint density at radius 2 is 1.63 bits per heavy atom. The van der Waals surface area contributed by atoms with Crippen molar-refractivity contribution in [2.45, 2.75) is 70.4 Å². The molecule has 1 aliphatic heterocycles. The van der Waals surface area contributed by atoms with Crippen molar-refractivity contribution in [2.75, 3.05) is 13.7 Å². The zero-order valence-electron chi connectivity index (χ0n) is 27.8. The van der Waals surface area contributed by atoms with E-state index in [2.05, 4.69) is 72.5 Å². The number of ether oxygens (including phenoxy) is 1. The second-order valence-electron chi connectivity index (χ2n) is 13.9. The molecule has 10 heteroatoms. The van der Waals surface area contributed by atoms with E-state index >= 15 is 0 Å². The molecule has 1 saturated carbocycles. The van der Waals surface area contributed by atoms with E-state index in [1.54, 1.807) is 11.8 Å². The predicted octanol–water partition coefficient (Wildman–Crippen LogP) is 6.71. The van der Waals surface area contributed by atoms with E-state index in [9.17, 15) is 14.4 Å². The van der Waals surface area contributed by atoms with Crippen molar-refractivity contribution in [1.29, 1.82) is 0 Å². The first-order valence-electron chi connectivity index (χ1n) is 17.3. The summed E-state index contributed by atoms with van der Waals surface area (Å²) in [4.78, 5) is 54.5. The van der Waals surface area contributed by atoms with Gasteiger partial charge in [0.05, 0.1) is 42.3 Å². The number of nitrogens with zero attached hydrogens (tertiary/aromatic N) is 3. The highest BCUT2D eigenvalue weighted by Crippen LogP contribution is 2.53. The Hall–Kier alpha value is -5.25. The average molecular weight is 657 g/mol. The molecule has 0 bridgehead atoms. The highest BCUT2D eigenvalue weighted by atomic mass is 16.5. The lowest BCUT2D eigenvalue weighted by Gasteiger charge is -2.26. The van der Waals surface area contributed by atoms with Crippen molar-refractivity contribution < 1.29 is 14.3 Å². The quantitative estimate of drug-likeness (QED) is 0.186. The Balaban J connectivity index is 1.08. The summed E-state index contributed by atoms with van der Waals surface area (Å²) in [7, 11) is 1.28. The van der Waals surface area contributed by atoms with Crippen LogP contribution in [0.4, 0.5) is 4.79 Å². The highest BCUT2D eigenvalue weighted by Gasteiger charge is 2.41. The summed E-state index contributed by atoms with van der Waals surface area (Å²) in [6.07, 6.45) is 11.6. The van der Waals surface area contributed by atoms with Gasteiger partial charge in [-0.15, -0.1) is 0 Å². The van der Waals surface area contributed by atoms with E-state index in [4.69, 9.17) is 0 Å². The van der Waals surface area contributed by atoms with E-state index in [-0.39, 0.29) is 17.5 Å². The number of hydrogen-bond acceptors (Lipinski definition) is 6. The van der Waals surface area contributed by atoms with E-state index in [0.29, 0.717) is 22.9 Å². The molecule has 0 unspecified atom stereocenters. The molecule has 2 aromatic heterocycles. The van der Waals surface area contributed by atoms with Crippen molar-refractivity contribution in [3.8, 4) is 33.5 Å². The summed E-state index contributed by atoms with van der Waals surface area (Å²) < 4.78 is 4.67. The topological polar surface area (TPSA) is 133 Å². The van der Waals surface area contributed by atoms with Gasteiger partial charge in [-0.25, -0.2) is 14.8 Å². The Morgan fingerprint density at radius 3 is 2.37 bits per heavy atom. The molecule has 5 aromatic rings. The van der Waals surface area contributed by atoms with Gasteiger partial charge in [0, 0.05) is 6.54 Å². The van der Waals surface area contributed by atoms with Gasteiger partial charge in [-0.2, -0.15) is 0 Å². The molecule has 3 heterocycles. The third-order valence-electron chi connectivity index (χ3n) is 11.0. The third kappa shape index (κ3) is 5.58. The number of carbonyl (C=O) groups excluding carboxylic acids is 2. The molecule has 3 aromatic carbocycles. The van der Waals surface area contributed by atoms with E-state index in [1.165, 1.54) is 66.9 Å². The molecule has 250 valence electrons. The fraction of sp³-hybridized carbons (Fsp3) is 0.359. The molecule has 2 atom stereocenters. The number of likely N-dealkylation sites (tertiary alicyclic amines) is 1. The monoisotopic (exact) mass is 656 g/mol. The van der Waals surface area contributed by atoms with Crippen LogP contribution in [-0.2, 0) is 22.4 Å². The van der Waals surface area contributed by atoms with Gasteiger partial charge in [-0.3, -0.25) is 9.59 Å². The van der Waals surface area contributed by atoms with Crippen molar-refractivity contribution in [1.82, 2.24) is 30.2 Å². The van der Waals surface area contributed by atoms with Crippen molar-refractivity contribution >= 4 is 22.9 Å². The first-order valence-corrected chi connectivity index (χ1v) is 17.3. The van der Waals surface area contributed by atoms with Crippen molar-refractivity contribution in [2.24, 2.45) is 5.41 Å². The third-order valence-corrected chi connectivity index (χ3v) is 11.0. The Morgan fingerprint density at radius 1 is 0.939 bits per heavy atom. The molecule has 0 radical (unpaired) electrons. The number of methoxy groups -OCH3 is 1. The number of benzene rings is 3. The molecular weight excluding hydrogens is 616 g/mol. The number of amides is 2. The minimum absolute atomic E-state index is 0.117. The minimum atomic E-state index is -0.691. The zero-order valence-corrected chi connectivity index (χ0v) is 27.8. The number of aromatic nitrogens is 4. The normalized spacial score (nSPS) is 18.6. The first kappa shape index (κ1) is 31.0. The van der Waals surface area contributed by atoms with Gasteiger partial charge in [0.25, 0.3) is 5.56 Å². The molecule has 1 spiro atoms. The zero-order chi connectivity index (χ0) is 33.7. The summed E-state index contributed by atoms with van der Waals surface area (Å²) in [6.45, 7) is 2.28. The first-order chi connectivity index (χ1) is 23.8. The Bertz CT molecular complexity index is 2130. The SMILES string of the molecule is COC(=O)N[C@@H](C)C(=O)N1CCC[C@H]1c1ncc(-c2ccc(-c3ccc(-c4ccc5nc[nH]c(=O)c5c4)c4c3CC3(CCCC3)C4)cc2)[nH]1. The van der Waals surface area contributed by atoms with Crippen LogP contribution in [0.3, 0.4) is 0 Å². The van der Waals surface area contributed by atoms with Crippen LogP contribution in [0.15, 0.2) is 71.9 Å². The van der Waals surface area contributed by atoms with Gasteiger partial charge < -0.3 is 24.9 Å². The van der Waals surface area contributed by atoms with Crippen LogP contribution in [0.25, 0.3) is 44.4 Å². The fourth-order valence-corrected chi connectivity index (χ4v) is 8.51. The molecule has 2 aliphatic carbocycles. The minimum Gasteiger partial charge on any atom is -0.453 e. The van der Waals surface area contributed by atoms with Crippen molar-refractivity contribution in [3.63, 3.8) is 0 Å². The highest BCUT2D eigenvalue weighted by molar-refractivity contribution is 5.87. The molecule has 2 fully saturated rings. The molecular formula is C39H40N6O4. The van der Waals surface area contributed by atoms with E-state index in [1.807, 2.05) is 18.3 Å². The molecule has 49 heavy (non-hydrogen) atoms. The fourth-order valence-electron chi connectivity index (χ4n) is 8.51. The molecule has 2 amide bonds. The van der Waals surface area contributed by atoms with E-state index in [0.717, 1.165) is 48.3 Å². The lowest BCUT2D eigenvalue weighted by atomic mass is 9.82. The largest absolute Gasteiger partial charge is 0.453 e. The van der Waals surface area contributed by atoms with Gasteiger partial charge >= 0.3 is 6.09 Å². The van der Waals surface area contributed by atoms with Gasteiger partial charge in [0.1, 0.15) is 11.9 Å². The lowest BCUT2D eigenvalue weighted by molar-refractivity contribution is -0.134. The maximum Gasteiger partial charge on any atom is 0.407 e. The standard InChI is InChI=1S/C39H40N6O4/c1-23(43-38(48)49-2)37(47)45-17-5-6-34(45)35-40-21-33(44-35)25-9-7-24(8-10-25)27-12-13-28(31-20-39(19-30(27)31)15-3-4-16-39)26-11-14-32-29(18-26)36(46)42-22-41-32/h7-14,18,21-23,34H,3-6,15-17,19-20H2,1-2H3,(H,40,44)(H,43,48)(H,41,42,46)/t23-,34-/m0/s1. The summed E-state index contributed by atoms with van der Waals surface area (Å²) in [5.74, 6) is 0.594. The van der Waals surface area contributed by atoms with Gasteiger partial charge in [-0.05, 0) is 102 Å². The second kappa shape index (κ2) is 12.3.